The Labute approximate surface area is 86.3 Å². The zero-order chi connectivity index (χ0) is 9.03. The van der Waals surface area contributed by atoms with Gasteiger partial charge in [0.15, 0.2) is 0 Å². The standard InChI is InChI=1S/C8H15IO3/c9-6-8(3-4-10)7(11)2-1-5-12-8/h7,10-11H,1-6H2/t7-,8-/m1/s1. The summed E-state index contributed by atoms with van der Waals surface area (Å²) in [4.78, 5) is 0. The van der Waals surface area contributed by atoms with Gasteiger partial charge in [-0.05, 0) is 12.8 Å². The molecule has 4 heteroatoms. The van der Waals surface area contributed by atoms with Gasteiger partial charge in [0.2, 0.25) is 0 Å². The summed E-state index contributed by atoms with van der Waals surface area (Å²) in [6.45, 7) is 0.792. The van der Waals surface area contributed by atoms with Crippen molar-refractivity contribution in [3.8, 4) is 0 Å². The van der Waals surface area contributed by atoms with Gasteiger partial charge in [0.05, 0.1) is 6.10 Å². The molecule has 2 N–H and O–H groups in total. The van der Waals surface area contributed by atoms with Crippen LogP contribution < -0.4 is 0 Å². The molecule has 2 atom stereocenters. The smallest absolute Gasteiger partial charge is 0.105 e. The Morgan fingerprint density at radius 2 is 2.33 bits per heavy atom. The third kappa shape index (κ3) is 2.10. The molecular formula is C8H15IO3. The van der Waals surface area contributed by atoms with Crippen LogP contribution in [0.15, 0.2) is 0 Å². The van der Waals surface area contributed by atoms with E-state index in [9.17, 15) is 5.11 Å². The normalized spacial score (nSPS) is 36.8. The van der Waals surface area contributed by atoms with Crippen LogP contribution in [-0.4, -0.2) is 39.6 Å². The molecule has 1 heterocycles. The van der Waals surface area contributed by atoms with Crippen molar-refractivity contribution < 1.29 is 14.9 Å². The van der Waals surface area contributed by atoms with Crippen LogP contribution in [0, 0.1) is 0 Å². The van der Waals surface area contributed by atoms with Crippen LogP contribution >= 0.6 is 22.6 Å². The molecule has 3 nitrogen and oxygen atoms in total. The van der Waals surface area contributed by atoms with Crippen molar-refractivity contribution in [1.82, 2.24) is 0 Å². The van der Waals surface area contributed by atoms with Gasteiger partial charge in [-0.15, -0.1) is 0 Å². The van der Waals surface area contributed by atoms with Crippen molar-refractivity contribution in [1.29, 1.82) is 0 Å². The lowest BCUT2D eigenvalue weighted by atomic mass is 9.90. The van der Waals surface area contributed by atoms with Crippen molar-refractivity contribution >= 4 is 22.6 Å². The molecule has 0 aromatic carbocycles. The van der Waals surface area contributed by atoms with E-state index in [1.165, 1.54) is 0 Å². The van der Waals surface area contributed by atoms with E-state index in [0.717, 1.165) is 17.3 Å². The average molecular weight is 286 g/mol. The molecule has 1 rings (SSSR count). The average Bonchev–Trinajstić information content (AvgIpc) is 2.10. The van der Waals surface area contributed by atoms with Gasteiger partial charge in [-0.2, -0.15) is 0 Å². The van der Waals surface area contributed by atoms with Crippen molar-refractivity contribution in [2.75, 3.05) is 17.6 Å². The quantitative estimate of drug-likeness (QED) is 0.593. The van der Waals surface area contributed by atoms with Crippen molar-refractivity contribution in [2.24, 2.45) is 0 Å². The van der Waals surface area contributed by atoms with Gasteiger partial charge < -0.3 is 14.9 Å². The van der Waals surface area contributed by atoms with Crippen molar-refractivity contribution in [2.45, 2.75) is 31.0 Å². The van der Waals surface area contributed by atoms with Crippen LogP contribution in [-0.2, 0) is 4.74 Å². The Bertz CT molecular complexity index is 138. The number of aliphatic hydroxyl groups excluding tert-OH is 2. The number of rotatable bonds is 3. The highest BCUT2D eigenvalue weighted by molar-refractivity contribution is 14.1. The van der Waals surface area contributed by atoms with Gasteiger partial charge in [0, 0.05) is 24.1 Å². The Kier molecular flexibility index (Phi) is 4.22. The number of aliphatic hydroxyl groups is 2. The zero-order valence-corrected chi connectivity index (χ0v) is 9.16. The highest BCUT2D eigenvalue weighted by Gasteiger charge is 2.39. The summed E-state index contributed by atoms with van der Waals surface area (Å²) in [7, 11) is 0. The highest BCUT2D eigenvalue weighted by atomic mass is 127. The minimum Gasteiger partial charge on any atom is -0.396 e. The number of ether oxygens (including phenoxy) is 1. The maximum atomic E-state index is 9.71. The van der Waals surface area contributed by atoms with Gasteiger partial charge in [0.1, 0.15) is 5.60 Å². The second-order valence-corrected chi connectivity index (χ2v) is 3.94. The Hall–Kier alpha value is 0.610. The Balaban J connectivity index is 2.60. The van der Waals surface area contributed by atoms with Crippen molar-refractivity contribution in [3.05, 3.63) is 0 Å². The Morgan fingerprint density at radius 1 is 1.58 bits per heavy atom. The highest BCUT2D eigenvalue weighted by Crippen LogP contribution is 2.30. The fourth-order valence-electron chi connectivity index (χ4n) is 1.53. The van der Waals surface area contributed by atoms with Gasteiger partial charge >= 0.3 is 0 Å². The zero-order valence-electron chi connectivity index (χ0n) is 7.00. The molecule has 0 amide bonds. The Morgan fingerprint density at radius 3 is 2.83 bits per heavy atom. The molecule has 72 valence electrons. The summed E-state index contributed by atoms with van der Waals surface area (Å²) in [5, 5.41) is 18.5. The lowest BCUT2D eigenvalue weighted by molar-refractivity contribution is -0.146. The third-order valence-corrected chi connectivity index (χ3v) is 3.67. The first-order chi connectivity index (χ1) is 5.75. The van der Waals surface area contributed by atoms with Crippen LogP contribution in [0.25, 0.3) is 0 Å². The topological polar surface area (TPSA) is 49.7 Å². The van der Waals surface area contributed by atoms with Gasteiger partial charge in [-0.25, -0.2) is 0 Å². The molecule has 0 bridgehead atoms. The molecule has 1 saturated heterocycles. The maximum Gasteiger partial charge on any atom is 0.105 e. The molecule has 0 aromatic heterocycles. The molecule has 0 radical (unpaired) electrons. The first kappa shape index (κ1) is 10.7. The monoisotopic (exact) mass is 286 g/mol. The number of halogens is 1. The maximum absolute atomic E-state index is 9.71. The van der Waals surface area contributed by atoms with E-state index in [2.05, 4.69) is 22.6 Å². The van der Waals surface area contributed by atoms with Crippen LogP contribution in [0.5, 0.6) is 0 Å². The van der Waals surface area contributed by atoms with E-state index in [0.29, 0.717) is 13.0 Å². The first-order valence-corrected chi connectivity index (χ1v) is 5.76. The molecule has 1 aliphatic heterocycles. The molecule has 0 saturated carbocycles. The van der Waals surface area contributed by atoms with Gasteiger partial charge in [-0.1, -0.05) is 22.6 Å². The molecule has 12 heavy (non-hydrogen) atoms. The second kappa shape index (κ2) is 4.74. The molecule has 0 aliphatic carbocycles. The third-order valence-electron chi connectivity index (χ3n) is 2.38. The van der Waals surface area contributed by atoms with E-state index < -0.39 is 11.7 Å². The fraction of sp³-hybridized carbons (Fsp3) is 1.00. The molecule has 0 unspecified atom stereocenters. The minimum absolute atomic E-state index is 0.0834. The van der Waals surface area contributed by atoms with Crippen LogP contribution in [0.3, 0.4) is 0 Å². The molecule has 1 aliphatic rings. The summed E-state index contributed by atoms with van der Waals surface area (Å²) in [6, 6.07) is 0. The summed E-state index contributed by atoms with van der Waals surface area (Å²) < 4.78 is 6.29. The van der Waals surface area contributed by atoms with E-state index in [1.54, 1.807) is 0 Å². The predicted octanol–water partition coefficient (Wildman–Crippen LogP) is 0.714. The summed E-state index contributed by atoms with van der Waals surface area (Å²) in [6.07, 6.45) is 1.85. The largest absolute Gasteiger partial charge is 0.396 e. The number of hydrogen-bond donors (Lipinski definition) is 2. The fourth-order valence-corrected chi connectivity index (χ4v) is 2.64. The SMILES string of the molecule is OCC[C@]1(CI)OCCC[C@H]1O. The molecule has 0 aromatic rings. The molecule has 1 fully saturated rings. The van der Waals surface area contributed by atoms with E-state index in [1.807, 2.05) is 0 Å². The predicted molar refractivity (Wildman–Crippen MR) is 54.5 cm³/mol. The van der Waals surface area contributed by atoms with Crippen LogP contribution in [0.4, 0.5) is 0 Å². The summed E-state index contributed by atoms with van der Waals surface area (Å²) in [5.41, 5.74) is -0.479. The van der Waals surface area contributed by atoms with E-state index in [-0.39, 0.29) is 6.61 Å². The summed E-state index contributed by atoms with van der Waals surface area (Å²) in [5.74, 6) is 0. The molecular weight excluding hydrogens is 271 g/mol. The lowest BCUT2D eigenvalue weighted by Gasteiger charge is -2.39. The van der Waals surface area contributed by atoms with Gasteiger partial charge in [0.25, 0.3) is 0 Å². The van der Waals surface area contributed by atoms with E-state index >= 15 is 0 Å². The van der Waals surface area contributed by atoms with Crippen LogP contribution in [0.2, 0.25) is 0 Å². The second-order valence-electron chi connectivity index (χ2n) is 3.18. The number of hydrogen-bond acceptors (Lipinski definition) is 3. The van der Waals surface area contributed by atoms with Crippen molar-refractivity contribution in [3.63, 3.8) is 0 Å². The molecule has 0 spiro atoms. The first-order valence-electron chi connectivity index (χ1n) is 4.24. The van der Waals surface area contributed by atoms with Gasteiger partial charge in [-0.3, -0.25) is 0 Å². The van der Waals surface area contributed by atoms with Crippen LogP contribution in [0.1, 0.15) is 19.3 Å². The number of alkyl halides is 1. The minimum atomic E-state index is -0.479. The lowest BCUT2D eigenvalue weighted by Crippen LogP contribution is -2.50. The van der Waals surface area contributed by atoms with E-state index in [4.69, 9.17) is 9.84 Å². The summed E-state index contributed by atoms with van der Waals surface area (Å²) >= 11 is 2.20.